The fraction of sp³-hybridized carbons (Fsp3) is 0.486. The summed E-state index contributed by atoms with van der Waals surface area (Å²) < 4.78 is 17.6. The van der Waals surface area contributed by atoms with Gasteiger partial charge in [0.25, 0.3) is 0 Å². The van der Waals surface area contributed by atoms with Crippen LogP contribution in [0, 0.1) is 5.41 Å². The molecule has 1 unspecified atom stereocenters. The van der Waals surface area contributed by atoms with E-state index in [1.54, 1.807) is 7.11 Å². The predicted octanol–water partition coefficient (Wildman–Crippen LogP) is 7.42. The number of aryl methyl sites for hydroxylation is 1. The minimum absolute atomic E-state index is 0.205. The highest BCUT2D eigenvalue weighted by Crippen LogP contribution is 2.40. The van der Waals surface area contributed by atoms with Crippen LogP contribution in [0.5, 0.6) is 17.2 Å². The Balaban J connectivity index is 1.30. The van der Waals surface area contributed by atoms with Crippen molar-refractivity contribution in [2.75, 3.05) is 38.7 Å². The van der Waals surface area contributed by atoms with Crippen molar-refractivity contribution in [1.82, 2.24) is 4.90 Å². The van der Waals surface area contributed by atoms with Crippen molar-refractivity contribution >= 4 is 11.7 Å². The monoisotopic (exact) mass is 584 g/mol. The van der Waals surface area contributed by atoms with E-state index in [4.69, 9.17) is 14.2 Å². The Morgan fingerprint density at radius 3 is 2.28 bits per heavy atom. The fourth-order valence-corrected chi connectivity index (χ4v) is 6.15. The summed E-state index contributed by atoms with van der Waals surface area (Å²) in [5.74, 6) is 2.67. The Kier molecular flexibility index (Phi) is 9.65. The maximum atomic E-state index is 12.4. The van der Waals surface area contributed by atoms with E-state index < -0.39 is 5.41 Å². The molecule has 3 aromatic rings. The molecular weight excluding hydrogens is 536 g/mol. The number of piperidine rings is 1. The van der Waals surface area contributed by atoms with Crippen molar-refractivity contribution in [3.05, 3.63) is 82.9 Å². The number of anilines is 1. The predicted molar refractivity (Wildman–Crippen MR) is 174 cm³/mol. The van der Waals surface area contributed by atoms with Crippen LogP contribution in [-0.4, -0.2) is 50.8 Å². The van der Waals surface area contributed by atoms with Gasteiger partial charge in [-0.1, -0.05) is 24.3 Å². The molecule has 5 rings (SSSR count). The molecule has 6 nitrogen and oxygen atoms in total. The number of nitrogens with zero attached hydrogens (tertiary/aromatic N) is 2. The maximum absolute atomic E-state index is 12.4. The van der Waals surface area contributed by atoms with Crippen molar-refractivity contribution in [1.29, 1.82) is 0 Å². The molecule has 2 aliphatic rings. The lowest BCUT2D eigenvalue weighted by Gasteiger charge is -2.32. The zero-order chi connectivity index (χ0) is 30.6. The summed E-state index contributed by atoms with van der Waals surface area (Å²) in [6.45, 7) is 11.8. The van der Waals surface area contributed by atoms with E-state index in [0.717, 1.165) is 69.8 Å². The lowest BCUT2D eigenvalue weighted by Crippen LogP contribution is -2.35. The zero-order valence-electron chi connectivity index (χ0n) is 26.8. The molecule has 1 saturated heterocycles. The quantitative estimate of drug-likeness (QED) is 0.193. The fourth-order valence-electron chi connectivity index (χ4n) is 6.15. The van der Waals surface area contributed by atoms with Gasteiger partial charge in [0.1, 0.15) is 23.4 Å². The van der Waals surface area contributed by atoms with Gasteiger partial charge in [0.05, 0.1) is 12.5 Å². The number of methoxy groups -OCH3 is 1. The van der Waals surface area contributed by atoms with Crippen LogP contribution in [0.15, 0.2) is 60.7 Å². The molecule has 0 saturated carbocycles. The molecule has 230 valence electrons. The summed E-state index contributed by atoms with van der Waals surface area (Å²) in [6.07, 6.45) is 5.43. The number of benzene rings is 3. The normalized spacial score (nSPS) is 17.7. The molecule has 0 N–H and O–H groups in total. The van der Waals surface area contributed by atoms with Gasteiger partial charge in [0, 0.05) is 37.9 Å². The average Bonchev–Trinajstić information content (AvgIpc) is 3.00. The topological polar surface area (TPSA) is 51.2 Å². The minimum Gasteiger partial charge on any atom is -0.497 e. The van der Waals surface area contributed by atoms with Crippen LogP contribution in [0.25, 0.3) is 0 Å². The SMILES string of the molecule is CCN(Cc1ccc(OC2CCN(C)CC2)cc1)c1cc(OC)ccc1C1CCc2cc(OC(=O)C(C)(C)C)ccc2C1. The molecule has 6 heteroatoms. The second kappa shape index (κ2) is 13.4. The van der Waals surface area contributed by atoms with E-state index in [9.17, 15) is 4.79 Å². The summed E-state index contributed by atoms with van der Waals surface area (Å²) >= 11 is 0. The Bertz CT molecular complexity index is 1390. The Morgan fingerprint density at radius 2 is 1.60 bits per heavy atom. The number of ether oxygens (including phenoxy) is 3. The van der Waals surface area contributed by atoms with Gasteiger partial charge in [-0.2, -0.15) is 0 Å². The third-order valence-electron chi connectivity index (χ3n) is 8.89. The number of esters is 1. The number of hydrogen-bond donors (Lipinski definition) is 0. The number of likely N-dealkylation sites (tertiary alicyclic amines) is 1. The van der Waals surface area contributed by atoms with E-state index in [0.29, 0.717) is 17.8 Å². The molecule has 1 aliphatic carbocycles. The van der Waals surface area contributed by atoms with Gasteiger partial charge in [-0.05, 0) is 125 Å². The highest BCUT2D eigenvalue weighted by Gasteiger charge is 2.27. The smallest absolute Gasteiger partial charge is 0.316 e. The van der Waals surface area contributed by atoms with E-state index in [1.165, 1.54) is 27.9 Å². The van der Waals surface area contributed by atoms with Crippen LogP contribution < -0.4 is 19.1 Å². The molecule has 0 aromatic heterocycles. The molecule has 1 heterocycles. The first kappa shape index (κ1) is 30.9. The van der Waals surface area contributed by atoms with Crippen LogP contribution in [0.3, 0.4) is 0 Å². The summed E-state index contributed by atoms with van der Waals surface area (Å²) in [7, 11) is 3.91. The van der Waals surface area contributed by atoms with Crippen LogP contribution in [0.4, 0.5) is 5.69 Å². The molecule has 0 spiro atoms. The van der Waals surface area contributed by atoms with E-state index in [2.05, 4.69) is 78.4 Å². The second-order valence-electron chi connectivity index (χ2n) is 13.2. The van der Waals surface area contributed by atoms with E-state index >= 15 is 0 Å². The van der Waals surface area contributed by atoms with Gasteiger partial charge in [0.15, 0.2) is 0 Å². The highest BCUT2D eigenvalue weighted by atomic mass is 16.5. The van der Waals surface area contributed by atoms with Crippen molar-refractivity contribution in [3.8, 4) is 17.2 Å². The zero-order valence-corrected chi connectivity index (χ0v) is 26.8. The number of rotatable bonds is 9. The van der Waals surface area contributed by atoms with Gasteiger partial charge in [-0.15, -0.1) is 0 Å². The molecule has 0 amide bonds. The van der Waals surface area contributed by atoms with Crippen molar-refractivity contribution < 1.29 is 19.0 Å². The first-order chi connectivity index (χ1) is 20.6. The van der Waals surface area contributed by atoms with Crippen LogP contribution in [0.1, 0.15) is 75.1 Å². The van der Waals surface area contributed by atoms with Gasteiger partial charge in [0.2, 0.25) is 0 Å². The highest BCUT2D eigenvalue weighted by molar-refractivity contribution is 5.78. The van der Waals surface area contributed by atoms with Gasteiger partial charge in [-0.25, -0.2) is 0 Å². The van der Waals surface area contributed by atoms with Crippen molar-refractivity contribution in [3.63, 3.8) is 0 Å². The van der Waals surface area contributed by atoms with E-state index in [-0.39, 0.29) is 5.97 Å². The number of carbonyl (C=O) groups is 1. The van der Waals surface area contributed by atoms with Crippen LogP contribution >= 0.6 is 0 Å². The van der Waals surface area contributed by atoms with Crippen molar-refractivity contribution in [2.24, 2.45) is 5.41 Å². The maximum Gasteiger partial charge on any atom is 0.316 e. The summed E-state index contributed by atoms with van der Waals surface area (Å²) in [6, 6.07) is 21.3. The first-order valence-corrected chi connectivity index (χ1v) is 15.8. The Labute approximate surface area is 257 Å². The first-order valence-electron chi connectivity index (χ1n) is 15.8. The largest absolute Gasteiger partial charge is 0.497 e. The number of carbonyl (C=O) groups excluding carboxylic acids is 1. The summed E-state index contributed by atoms with van der Waals surface area (Å²) in [5.41, 5.74) is 5.94. The molecule has 1 aliphatic heterocycles. The van der Waals surface area contributed by atoms with Gasteiger partial charge < -0.3 is 24.0 Å². The lowest BCUT2D eigenvalue weighted by atomic mass is 9.79. The van der Waals surface area contributed by atoms with Crippen molar-refractivity contribution in [2.45, 2.75) is 78.4 Å². The molecule has 0 radical (unpaired) electrons. The third-order valence-corrected chi connectivity index (χ3v) is 8.89. The minimum atomic E-state index is -0.529. The van der Waals surface area contributed by atoms with Crippen LogP contribution in [0.2, 0.25) is 0 Å². The summed E-state index contributed by atoms with van der Waals surface area (Å²) in [4.78, 5) is 17.2. The average molecular weight is 585 g/mol. The summed E-state index contributed by atoms with van der Waals surface area (Å²) in [5, 5.41) is 0. The molecule has 3 aromatic carbocycles. The molecule has 0 bridgehead atoms. The standard InChI is InChI=1S/C37H48N2O4/c1-7-39(25-26-8-13-30(14-9-26)42-31-18-20-38(5)21-19-31)35-24-32(41-6)16-17-34(35)29-11-10-28-23-33(15-12-27(28)22-29)43-36(40)37(2,3)4/h8-9,12-17,23-24,29,31H,7,10-11,18-22,25H2,1-6H3. The second-order valence-corrected chi connectivity index (χ2v) is 13.2. The Morgan fingerprint density at radius 1 is 0.907 bits per heavy atom. The lowest BCUT2D eigenvalue weighted by molar-refractivity contribution is -0.143. The Hall–Kier alpha value is -3.51. The molecule has 1 atom stereocenters. The molecule has 1 fully saturated rings. The third kappa shape index (κ3) is 7.72. The van der Waals surface area contributed by atoms with Crippen LogP contribution in [-0.2, 0) is 24.2 Å². The number of hydrogen-bond acceptors (Lipinski definition) is 6. The van der Waals surface area contributed by atoms with E-state index in [1.807, 2.05) is 26.8 Å². The number of fused-ring (bicyclic) bond motifs is 1. The van der Waals surface area contributed by atoms with Gasteiger partial charge >= 0.3 is 5.97 Å². The van der Waals surface area contributed by atoms with Gasteiger partial charge in [-0.3, -0.25) is 4.79 Å². The molecular formula is C37H48N2O4. The molecule has 43 heavy (non-hydrogen) atoms.